The van der Waals surface area contributed by atoms with E-state index in [9.17, 15) is 106 Å². The number of aliphatic hydroxyl groups excluding tert-OH is 2. The molecule has 0 saturated heterocycles. The van der Waals surface area contributed by atoms with Crippen molar-refractivity contribution in [3.8, 4) is 5.75 Å². The summed E-state index contributed by atoms with van der Waals surface area (Å²) in [6.07, 6.45) is -7.95. The molecule has 7 aromatic heterocycles. The molecule has 2 unspecified atom stereocenters. The van der Waals surface area contributed by atoms with E-state index in [4.69, 9.17) is 66.1 Å². The summed E-state index contributed by atoms with van der Waals surface area (Å²) in [6.45, 7) is 19.8. The van der Waals surface area contributed by atoms with E-state index < -0.39 is 93.5 Å². The van der Waals surface area contributed by atoms with Crippen LogP contribution in [0.2, 0.25) is 18.1 Å². The minimum absolute atomic E-state index is 0.00144. The number of Topliss-reactive ketones (excluding diaryl/α,β-unsaturated/α-hetero) is 1. The Hall–Kier alpha value is -4.92. The van der Waals surface area contributed by atoms with Crippen molar-refractivity contribution in [2.24, 2.45) is 0 Å². The zero-order chi connectivity index (χ0) is 88.5. The Morgan fingerprint density at radius 1 is 0.561 bits per heavy atom. The fraction of sp³-hybridized carbons (Fsp3) is 0.414. The number of carboxylic acid groups (broad SMARTS) is 1. The standard InChI is InChI=1S/C13H20BrFOSi.C8H6ClF3O3S.C8H8F2OS.C7H6ClF3S.C7H7ClF2S.C7H7F3OS.C7H6F2O2S.C7H8F2OS.C6H7ClF2N2/c1-13(2,3)17(4,5)16-9-10-8-11(15)6-7-12(10)14;9-5-6-1-3-7(4-2-6)15-16(13,14)8(10,11)12;1-5(11)6-3-4-7(12-6)8(2,9)10;1-4(8)5-2-3-6(12-5)7(9,10)11;1-7(9,10)6-3-2-5(4-8)11-6;1-4(11)5-2-3-6(12-5)7(8,9)10;1-7(8,9)5-3-2-4(12-5)6(10)11;1-7(8,9)6-3-2-5(4-10)11-6;1-6(8,9)5-2-3-11(4-7)10-5/h6-8H,9H2,1-5H3;1-4H,5H2;3-4H,1-2H3;2-4H,1H3;2-3H,4H2,1H3;2-4,11H,1H3;2-3H,1H3,(H,10,11);2-3,10H,4H2,1H3;2-3H,4H2,1H3. The third kappa shape index (κ3) is 38.9. The van der Waals surface area contributed by atoms with E-state index in [2.05, 4.69) is 59.1 Å². The second-order valence-electron chi connectivity index (χ2n) is 25.1. The van der Waals surface area contributed by atoms with Gasteiger partial charge in [0.05, 0.1) is 55.0 Å². The lowest BCUT2D eigenvalue weighted by Gasteiger charge is -2.36. The highest BCUT2D eigenvalue weighted by molar-refractivity contribution is 9.10. The molecular weight excluding hydrogens is 1870 g/mol. The van der Waals surface area contributed by atoms with Crippen molar-refractivity contribution in [1.29, 1.82) is 0 Å². The fourth-order valence-corrected chi connectivity index (χ4v) is 14.2. The van der Waals surface area contributed by atoms with Crippen LogP contribution in [0.25, 0.3) is 0 Å². The maximum absolute atomic E-state index is 13.1. The van der Waals surface area contributed by atoms with Crippen LogP contribution in [0, 0.1) is 5.82 Å². The van der Waals surface area contributed by atoms with Crippen LogP contribution in [0.15, 0.2) is 132 Å². The van der Waals surface area contributed by atoms with E-state index in [1.807, 2.05) is 0 Å². The van der Waals surface area contributed by atoms with Crippen molar-refractivity contribution in [1.82, 2.24) is 9.78 Å². The lowest BCUT2D eigenvalue weighted by atomic mass is 10.2. The van der Waals surface area contributed by atoms with E-state index in [0.29, 0.717) is 71.6 Å². The van der Waals surface area contributed by atoms with Gasteiger partial charge in [0.15, 0.2) is 14.1 Å². The van der Waals surface area contributed by atoms with E-state index in [0.717, 1.165) is 114 Å². The molecule has 0 aliphatic rings. The molecule has 9 rings (SSSR count). The monoisotopic (exact) mass is 1940 g/mol. The molecule has 640 valence electrons. The van der Waals surface area contributed by atoms with Crippen molar-refractivity contribution in [2.75, 3.05) is 0 Å². The summed E-state index contributed by atoms with van der Waals surface area (Å²) in [7, 11) is -7.37. The number of thiophene rings is 6. The van der Waals surface area contributed by atoms with Crippen LogP contribution in [-0.2, 0) is 87.5 Å². The smallest absolute Gasteiger partial charge is 0.477 e. The fourth-order valence-electron chi connectivity index (χ4n) is 6.88. The van der Waals surface area contributed by atoms with Gasteiger partial charge in [-0.2, -0.15) is 61.8 Å². The van der Waals surface area contributed by atoms with E-state index in [1.165, 1.54) is 104 Å². The summed E-state index contributed by atoms with van der Waals surface area (Å²) in [5.41, 5.74) is -4.18. The van der Waals surface area contributed by atoms with Gasteiger partial charge in [0, 0.05) is 70.7 Å². The van der Waals surface area contributed by atoms with Gasteiger partial charge in [-0.1, -0.05) is 48.8 Å². The number of halogens is 25. The van der Waals surface area contributed by atoms with Gasteiger partial charge in [0.1, 0.15) is 37.9 Å². The van der Waals surface area contributed by atoms with Crippen molar-refractivity contribution in [3.63, 3.8) is 0 Å². The molecule has 0 aliphatic heterocycles. The summed E-state index contributed by atoms with van der Waals surface area (Å²) < 4.78 is 280. The highest BCUT2D eigenvalue weighted by atomic mass is 79.9. The third-order valence-electron chi connectivity index (χ3n) is 13.9. The zero-order valence-corrected chi connectivity index (χ0v) is 73.1. The maximum atomic E-state index is 13.1. The Morgan fingerprint density at radius 2 is 0.982 bits per heavy atom. The number of benzene rings is 2. The van der Waals surface area contributed by atoms with Gasteiger partial charge in [0.2, 0.25) is 0 Å². The van der Waals surface area contributed by atoms with Crippen LogP contribution in [0.3, 0.4) is 0 Å². The number of aromatic nitrogens is 2. The number of carbonyl (C=O) groups excluding carboxylic acids is 1. The van der Waals surface area contributed by atoms with Crippen LogP contribution in [-0.4, -0.2) is 59.1 Å². The van der Waals surface area contributed by atoms with Crippen LogP contribution in [0.4, 0.5) is 87.8 Å². The minimum atomic E-state index is -5.60. The summed E-state index contributed by atoms with van der Waals surface area (Å²) in [5, 5.41) is 29.3. The molecule has 0 spiro atoms. The van der Waals surface area contributed by atoms with Gasteiger partial charge in [-0.3, -0.25) is 9.48 Å². The quantitative estimate of drug-likeness (QED) is 0.0188. The van der Waals surface area contributed by atoms with Gasteiger partial charge in [0.25, 0.3) is 29.6 Å². The number of carboxylic acids is 1. The average molecular weight is 1940 g/mol. The van der Waals surface area contributed by atoms with Crippen molar-refractivity contribution < 1.29 is 130 Å². The number of nitrogens with zero attached hydrogens (tertiary/aromatic N) is 2. The number of aromatic carboxylic acids is 1. The molecule has 2 aromatic carbocycles. The highest BCUT2D eigenvalue weighted by Gasteiger charge is 2.49. The Morgan fingerprint density at radius 3 is 1.27 bits per heavy atom. The maximum Gasteiger partial charge on any atom is 0.534 e. The molecule has 0 aliphatic carbocycles. The predicted molar refractivity (Wildman–Crippen MR) is 417 cm³/mol. The van der Waals surface area contributed by atoms with Gasteiger partial charge < -0.3 is 23.9 Å². The van der Waals surface area contributed by atoms with Crippen LogP contribution < -0.4 is 4.18 Å². The molecule has 0 amide bonds. The topological polar surface area (TPSA) is 165 Å². The van der Waals surface area contributed by atoms with Gasteiger partial charge in [-0.25, -0.2) is 44.3 Å². The lowest BCUT2D eigenvalue weighted by molar-refractivity contribution is -0.135. The molecule has 0 fully saturated rings. The molecule has 9 aromatic rings. The second-order valence-corrected chi connectivity index (χ2v) is 40.4. The molecule has 3 N–H and O–H groups in total. The molecule has 7 heterocycles. The Balaban J connectivity index is 0.000000644. The third-order valence-corrected chi connectivity index (χ3v) is 29.2. The normalized spacial score (nSPS) is 12.7. The first-order valence-corrected chi connectivity index (χ1v) is 43.9. The molecule has 0 radical (unpaired) electrons. The van der Waals surface area contributed by atoms with Crippen LogP contribution in [0.1, 0.15) is 173 Å². The Labute approximate surface area is 697 Å². The summed E-state index contributed by atoms with van der Waals surface area (Å²) in [5.74, 6) is -15.7. The largest absolute Gasteiger partial charge is 0.534 e. The first kappa shape index (κ1) is 107. The summed E-state index contributed by atoms with van der Waals surface area (Å²) >= 11 is 30.0. The van der Waals surface area contributed by atoms with Crippen molar-refractivity contribution >= 4 is 161 Å². The Kier molecular flexibility index (Phi) is 42.7. The second kappa shape index (κ2) is 45.5. The van der Waals surface area contributed by atoms with Crippen LogP contribution >= 0.6 is 130 Å². The predicted octanol–water partition coefficient (Wildman–Crippen LogP) is 28.4. The van der Waals surface area contributed by atoms with Gasteiger partial charge in [-0.05, 0) is 159 Å². The molecule has 114 heavy (non-hydrogen) atoms. The first-order chi connectivity index (χ1) is 51.6. The van der Waals surface area contributed by atoms with Crippen molar-refractivity contribution in [2.45, 2.75) is 184 Å². The molecule has 0 bridgehead atoms. The summed E-state index contributed by atoms with van der Waals surface area (Å²) in [4.78, 5) is 22.1. The molecule has 44 heteroatoms. The molecule has 11 nitrogen and oxygen atoms in total. The number of hydrogen-bond donors (Lipinski definition) is 3. The lowest BCUT2D eigenvalue weighted by Crippen LogP contribution is -2.40. The molecule has 2 atom stereocenters. The SMILES string of the molecule is CC(=O)c1ccc(C(C)(F)F)s1.CC(C)(C)[Si](C)(C)OCc1cc(F)ccc1Br.CC(Cl)c1ccc(C(F)(F)F)s1.CC(F)(F)c1ccc(C(=O)O)s1.CC(F)(F)c1ccc(CCl)s1.CC(F)(F)c1ccc(CO)s1.CC(F)(F)c1ccn(CCl)n1.CC(O)c1ccc(C(F)(F)F)s1.O=S(=O)(Oc1ccc(CCl)cc1)C(F)(F)F. The number of carbonyl (C=O) groups is 2. The molecule has 0 saturated carbocycles. The molecular formula is C70H75BrCl4F20N2O9S7Si. The van der Waals surface area contributed by atoms with E-state index >= 15 is 0 Å². The Bertz CT molecular complexity index is 4250. The van der Waals surface area contributed by atoms with Gasteiger partial charge >= 0.3 is 33.9 Å². The average Bonchev–Trinajstić information content (AvgIpc) is 1.81. The minimum Gasteiger partial charge on any atom is -0.477 e. The number of ketones is 1. The summed E-state index contributed by atoms with van der Waals surface area (Å²) in [6, 6.07) is 26.6. The number of aliphatic hydroxyl groups is 2. The van der Waals surface area contributed by atoms with Crippen LogP contribution in [0.5, 0.6) is 5.75 Å². The van der Waals surface area contributed by atoms with E-state index in [1.54, 1.807) is 19.1 Å². The van der Waals surface area contributed by atoms with Gasteiger partial charge in [-0.15, -0.1) is 114 Å². The first-order valence-electron chi connectivity index (χ1n) is 31.8. The van der Waals surface area contributed by atoms with Crippen molar-refractivity contribution in [3.05, 3.63) is 213 Å². The number of alkyl halides is 23. The zero-order valence-electron chi connectivity index (χ0n) is 61.8. The highest BCUT2D eigenvalue weighted by Crippen LogP contribution is 2.42. The number of hydrogen-bond acceptors (Lipinski definition) is 15. The number of rotatable bonds is 18. The van der Waals surface area contributed by atoms with E-state index in [-0.39, 0.29) is 70.6 Å².